The maximum Gasteiger partial charge on any atom is 0.310 e. The Bertz CT molecular complexity index is 390. The fourth-order valence-electron chi connectivity index (χ4n) is 1.41. The first-order chi connectivity index (χ1) is 7.97. The van der Waals surface area contributed by atoms with Crippen molar-refractivity contribution in [2.24, 2.45) is 0 Å². The lowest BCUT2D eigenvalue weighted by Gasteiger charge is -2.12. The summed E-state index contributed by atoms with van der Waals surface area (Å²) in [5.41, 5.74) is 9.39. The molecule has 0 bridgehead atoms. The van der Waals surface area contributed by atoms with E-state index >= 15 is 0 Å². The third-order valence-electron chi connectivity index (χ3n) is 2.42. The lowest BCUT2D eigenvalue weighted by atomic mass is 10.0. The first kappa shape index (κ1) is 15.7. The summed E-state index contributed by atoms with van der Waals surface area (Å²) < 4.78 is 5.57. The standard InChI is InChI=1S/C11H14BrNO2.C2H4/c1-6-4-9(13)7(2)8(11(6)12)5-10(14)15-3;1-2/h4H,5,13H2,1-3H3;1-2H2. The van der Waals surface area contributed by atoms with E-state index < -0.39 is 0 Å². The molecule has 2 N–H and O–H groups in total. The third kappa shape index (κ3) is 3.89. The van der Waals surface area contributed by atoms with Crippen LogP contribution in [-0.4, -0.2) is 13.1 Å². The SMILES string of the molecule is C=C.COC(=O)Cc1c(C)c(N)cc(C)c1Br. The number of esters is 1. The van der Waals surface area contributed by atoms with Crippen LogP contribution in [0.3, 0.4) is 0 Å². The number of hydrogen-bond donors (Lipinski definition) is 1. The van der Waals surface area contributed by atoms with Gasteiger partial charge in [-0.15, -0.1) is 13.2 Å². The largest absolute Gasteiger partial charge is 0.469 e. The first-order valence-electron chi connectivity index (χ1n) is 5.08. The zero-order valence-electron chi connectivity index (χ0n) is 10.5. The van der Waals surface area contributed by atoms with Crippen molar-refractivity contribution in [3.8, 4) is 0 Å². The zero-order chi connectivity index (χ0) is 13.6. The Morgan fingerprint density at radius 2 is 2.00 bits per heavy atom. The fourth-order valence-corrected chi connectivity index (χ4v) is 1.96. The molecule has 0 aliphatic heterocycles. The molecule has 0 atom stereocenters. The average Bonchev–Trinajstić information content (AvgIpc) is 2.34. The van der Waals surface area contributed by atoms with Gasteiger partial charge in [0.05, 0.1) is 13.5 Å². The molecule has 0 radical (unpaired) electrons. The van der Waals surface area contributed by atoms with Crippen molar-refractivity contribution in [1.29, 1.82) is 0 Å². The van der Waals surface area contributed by atoms with Gasteiger partial charge in [0.15, 0.2) is 0 Å². The number of nitrogen functional groups attached to an aromatic ring is 1. The topological polar surface area (TPSA) is 52.3 Å². The smallest absolute Gasteiger partial charge is 0.310 e. The number of rotatable bonds is 2. The van der Waals surface area contributed by atoms with Crippen molar-refractivity contribution >= 4 is 27.6 Å². The number of carbonyl (C=O) groups excluding carboxylic acids is 1. The highest BCUT2D eigenvalue weighted by atomic mass is 79.9. The lowest BCUT2D eigenvalue weighted by molar-refractivity contribution is -0.139. The summed E-state index contributed by atoms with van der Waals surface area (Å²) in [6.07, 6.45) is 0.245. The van der Waals surface area contributed by atoms with Gasteiger partial charge in [0.2, 0.25) is 0 Å². The van der Waals surface area contributed by atoms with E-state index in [0.29, 0.717) is 5.69 Å². The number of methoxy groups -OCH3 is 1. The lowest BCUT2D eigenvalue weighted by Crippen LogP contribution is -2.08. The minimum atomic E-state index is -0.260. The Kier molecular flexibility index (Phi) is 6.58. The van der Waals surface area contributed by atoms with E-state index in [1.54, 1.807) is 0 Å². The minimum Gasteiger partial charge on any atom is -0.469 e. The van der Waals surface area contributed by atoms with Crippen molar-refractivity contribution in [3.05, 3.63) is 40.4 Å². The molecule has 0 fully saturated rings. The van der Waals surface area contributed by atoms with Crippen LogP contribution in [-0.2, 0) is 16.0 Å². The highest BCUT2D eigenvalue weighted by Gasteiger charge is 2.13. The van der Waals surface area contributed by atoms with Crippen molar-refractivity contribution in [2.75, 3.05) is 12.8 Å². The zero-order valence-corrected chi connectivity index (χ0v) is 12.1. The van der Waals surface area contributed by atoms with Gasteiger partial charge in [0.25, 0.3) is 0 Å². The molecule has 94 valence electrons. The number of hydrogen-bond acceptors (Lipinski definition) is 3. The third-order valence-corrected chi connectivity index (χ3v) is 3.52. The number of anilines is 1. The van der Waals surface area contributed by atoms with Gasteiger partial charge in [-0.1, -0.05) is 15.9 Å². The van der Waals surface area contributed by atoms with E-state index in [9.17, 15) is 4.79 Å². The predicted molar refractivity (Wildman–Crippen MR) is 75.0 cm³/mol. The summed E-state index contributed by atoms with van der Waals surface area (Å²) >= 11 is 3.46. The van der Waals surface area contributed by atoms with Crippen molar-refractivity contribution in [1.82, 2.24) is 0 Å². The maximum absolute atomic E-state index is 11.2. The Morgan fingerprint density at radius 1 is 1.47 bits per heavy atom. The molecule has 0 saturated carbocycles. The quantitative estimate of drug-likeness (QED) is 0.518. The molecule has 1 aromatic rings. The molecular weight excluding hydrogens is 282 g/mol. The van der Waals surface area contributed by atoms with Gasteiger partial charge < -0.3 is 10.5 Å². The van der Waals surface area contributed by atoms with Crippen LogP contribution >= 0.6 is 15.9 Å². The van der Waals surface area contributed by atoms with Crippen molar-refractivity contribution in [2.45, 2.75) is 20.3 Å². The number of nitrogens with two attached hydrogens (primary N) is 1. The predicted octanol–water partition coefficient (Wildman–Crippen LogP) is 3.17. The second-order valence-corrected chi connectivity index (χ2v) is 4.25. The molecule has 0 spiro atoms. The highest BCUT2D eigenvalue weighted by Crippen LogP contribution is 2.29. The normalized spacial score (nSPS) is 9.18. The maximum atomic E-state index is 11.2. The molecular formula is C13H18BrNO2. The second-order valence-electron chi connectivity index (χ2n) is 3.45. The number of carbonyl (C=O) groups is 1. The number of ether oxygens (including phenoxy) is 1. The van der Waals surface area contributed by atoms with Gasteiger partial charge in [0.1, 0.15) is 0 Å². The van der Waals surface area contributed by atoms with Crippen LogP contribution in [0.25, 0.3) is 0 Å². The number of benzene rings is 1. The van der Waals surface area contributed by atoms with Crippen molar-refractivity contribution < 1.29 is 9.53 Å². The van der Waals surface area contributed by atoms with Gasteiger partial charge in [-0.2, -0.15) is 0 Å². The molecule has 0 aromatic heterocycles. The number of halogens is 1. The average molecular weight is 300 g/mol. The van der Waals surface area contributed by atoms with E-state index in [4.69, 9.17) is 5.73 Å². The van der Waals surface area contributed by atoms with Gasteiger partial charge >= 0.3 is 5.97 Å². The molecule has 0 unspecified atom stereocenters. The Balaban J connectivity index is 0.00000121. The summed E-state index contributed by atoms with van der Waals surface area (Å²) in [6, 6.07) is 1.89. The Morgan fingerprint density at radius 3 is 2.47 bits per heavy atom. The van der Waals surface area contributed by atoms with Gasteiger partial charge in [-0.3, -0.25) is 4.79 Å². The molecule has 1 aromatic carbocycles. The summed E-state index contributed by atoms with van der Waals surface area (Å²) in [7, 11) is 1.38. The molecule has 3 nitrogen and oxygen atoms in total. The van der Waals surface area contributed by atoms with Gasteiger partial charge in [-0.25, -0.2) is 0 Å². The van der Waals surface area contributed by atoms with E-state index in [1.165, 1.54) is 7.11 Å². The second kappa shape index (κ2) is 7.12. The molecule has 0 heterocycles. The Labute approximate surface area is 111 Å². The molecule has 0 aliphatic rings. The summed E-state index contributed by atoms with van der Waals surface area (Å²) in [5, 5.41) is 0. The number of aryl methyl sites for hydroxylation is 1. The first-order valence-corrected chi connectivity index (χ1v) is 5.87. The van der Waals surface area contributed by atoms with E-state index in [1.807, 2.05) is 19.9 Å². The Hall–Kier alpha value is -1.29. The van der Waals surface area contributed by atoms with E-state index in [0.717, 1.165) is 21.2 Å². The molecule has 4 heteroatoms. The van der Waals surface area contributed by atoms with Crippen LogP contribution in [0.1, 0.15) is 16.7 Å². The highest BCUT2D eigenvalue weighted by molar-refractivity contribution is 9.10. The fraction of sp³-hybridized carbons (Fsp3) is 0.308. The van der Waals surface area contributed by atoms with Crippen LogP contribution in [0.5, 0.6) is 0 Å². The van der Waals surface area contributed by atoms with E-state index in [-0.39, 0.29) is 12.4 Å². The van der Waals surface area contributed by atoms with Gasteiger partial charge in [0, 0.05) is 10.2 Å². The summed E-state index contributed by atoms with van der Waals surface area (Å²) in [6.45, 7) is 9.85. The van der Waals surface area contributed by atoms with Crippen LogP contribution in [0, 0.1) is 13.8 Å². The van der Waals surface area contributed by atoms with Crippen LogP contribution in [0.2, 0.25) is 0 Å². The van der Waals surface area contributed by atoms with E-state index in [2.05, 4.69) is 33.8 Å². The molecule has 0 saturated heterocycles. The molecule has 1 rings (SSSR count). The van der Waals surface area contributed by atoms with Crippen LogP contribution in [0.15, 0.2) is 23.7 Å². The van der Waals surface area contributed by atoms with Crippen molar-refractivity contribution in [3.63, 3.8) is 0 Å². The molecule has 0 aliphatic carbocycles. The van der Waals surface area contributed by atoms with Crippen LogP contribution in [0.4, 0.5) is 5.69 Å². The summed E-state index contributed by atoms with van der Waals surface area (Å²) in [5.74, 6) is -0.260. The molecule has 0 amide bonds. The summed E-state index contributed by atoms with van der Waals surface area (Å²) in [4.78, 5) is 11.2. The van der Waals surface area contributed by atoms with Crippen LogP contribution < -0.4 is 5.73 Å². The minimum absolute atomic E-state index is 0.245. The molecule has 17 heavy (non-hydrogen) atoms. The van der Waals surface area contributed by atoms with Gasteiger partial charge in [-0.05, 0) is 36.6 Å². The monoisotopic (exact) mass is 299 g/mol.